The van der Waals surface area contributed by atoms with E-state index in [1.54, 1.807) is 11.3 Å². The zero-order chi connectivity index (χ0) is 10.2. The van der Waals surface area contributed by atoms with Gasteiger partial charge in [0.2, 0.25) is 0 Å². The zero-order valence-corrected chi connectivity index (χ0v) is 9.14. The van der Waals surface area contributed by atoms with Gasteiger partial charge in [-0.15, -0.1) is 11.3 Å². The van der Waals surface area contributed by atoms with Crippen molar-refractivity contribution in [3.05, 3.63) is 29.3 Å². The van der Waals surface area contributed by atoms with Crippen molar-refractivity contribution >= 4 is 28.3 Å². The summed E-state index contributed by atoms with van der Waals surface area (Å²) in [5.74, 6) is 0. The largest absolute Gasteiger partial charge is 0.288 e. The van der Waals surface area contributed by atoms with Gasteiger partial charge < -0.3 is 0 Å². The molecular weight excluding hydrogens is 192 g/mol. The lowest BCUT2D eigenvalue weighted by Gasteiger charge is -2.14. The molecule has 0 spiro atoms. The van der Waals surface area contributed by atoms with Crippen molar-refractivity contribution in [1.29, 1.82) is 0 Å². The van der Waals surface area contributed by atoms with E-state index in [-0.39, 0.29) is 5.54 Å². The minimum Gasteiger partial charge on any atom is -0.288 e. The first-order chi connectivity index (χ1) is 6.63. The molecule has 0 unspecified atom stereocenters. The summed E-state index contributed by atoms with van der Waals surface area (Å²) >= 11 is 1.68. The maximum Gasteiger partial charge on any atom is 0.121 e. The van der Waals surface area contributed by atoms with E-state index in [1.165, 1.54) is 4.70 Å². The lowest BCUT2D eigenvalue weighted by molar-refractivity contribution is 0.560. The van der Waals surface area contributed by atoms with Crippen LogP contribution < -0.4 is 0 Å². The first-order valence-electron chi connectivity index (χ1n) is 4.47. The summed E-state index contributed by atoms with van der Waals surface area (Å²) in [6.07, 6.45) is 0. The number of aromatic nitrogens is 1. The molecule has 1 aromatic carbocycles. The van der Waals surface area contributed by atoms with Crippen LogP contribution in [0.15, 0.2) is 29.3 Å². The van der Waals surface area contributed by atoms with Crippen LogP contribution in [-0.2, 0) is 5.54 Å². The number of thiazole rings is 1. The van der Waals surface area contributed by atoms with Crippen molar-refractivity contribution in [1.82, 2.24) is 4.98 Å². The van der Waals surface area contributed by atoms with Crippen LogP contribution in [0, 0.1) is 0 Å². The summed E-state index contributed by atoms with van der Waals surface area (Å²) in [6, 6.07) is 8.13. The third kappa shape index (κ3) is 1.44. The predicted octanol–water partition coefficient (Wildman–Crippen LogP) is 3.23. The third-order valence-electron chi connectivity index (χ3n) is 2.21. The fourth-order valence-electron chi connectivity index (χ4n) is 1.20. The molecule has 0 radical (unpaired) electrons. The highest BCUT2D eigenvalue weighted by molar-refractivity contribution is 7.18. The van der Waals surface area contributed by atoms with Crippen LogP contribution in [-0.4, -0.2) is 11.7 Å². The van der Waals surface area contributed by atoms with E-state index in [9.17, 15) is 0 Å². The fourth-order valence-corrected chi connectivity index (χ4v) is 2.23. The summed E-state index contributed by atoms with van der Waals surface area (Å²) in [4.78, 5) is 8.62. The van der Waals surface area contributed by atoms with E-state index in [0.717, 1.165) is 10.5 Å². The van der Waals surface area contributed by atoms with Gasteiger partial charge in [0.25, 0.3) is 0 Å². The Hall–Kier alpha value is -1.22. The molecule has 1 heterocycles. The Morgan fingerprint density at radius 2 is 2.07 bits per heavy atom. The number of fused-ring (bicyclic) bond motifs is 1. The molecule has 14 heavy (non-hydrogen) atoms. The molecule has 0 saturated carbocycles. The molecule has 1 aromatic heterocycles. The maximum absolute atomic E-state index is 4.54. The molecule has 0 aliphatic heterocycles. The monoisotopic (exact) mass is 204 g/mol. The number of hydrogen-bond donors (Lipinski definition) is 0. The normalized spacial score (nSPS) is 11.9. The van der Waals surface area contributed by atoms with Crippen molar-refractivity contribution in [3.63, 3.8) is 0 Å². The highest BCUT2D eigenvalue weighted by atomic mass is 32.1. The number of benzene rings is 1. The SMILES string of the molecule is C=NC(C)(C)c1nc2ccccc2s1. The van der Waals surface area contributed by atoms with Crippen LogP contribution in [0.25, 0.3) is 10.2 Å². The molecule has 0 amide bonds. The minimum absolute atomic E-state index is 0.274. The van der Waals surface area contributed by atoms with Crippen LogP contribution in [0.3, 0.4) is 0 Å². The van der Waals surface area contributed by atoms with Crippen molar-refractivity contribution < 1.29 is 0 Å². The number of aliphatic imine (C=N–C) groups is 1. The Balaban J connectivity index is 2.60. The van der Waals surface area contributed by atoms with Crippen LogP contribution >= 0.6 is 11.3 Å². The quantitative estimate of drug-likeness (QED) is 0.689. The van der Waals surface area contributed by atoms with Gasteiger partial charge in [0, 0.05) is 0 Å². The third-order valence-corrected chi connectivity index (χ3v) is 3.56. The number of nitrogens with zero attached hydrogens (tertiary/aromatic N) is 2. The van der Waals surface area contributed by atoms with E-state index in [1.807, 2.05) is 32.0 Å². The molecule has 2 aromatic rings. The molecule has 0 saturated heterocycles. The Bertz CT molecular complexity index is 438. The van der Waals surface area contributed by atoms with E-state index in [0.29, 0.717) is 0 Å². The number of para-hydroxylation sites is 1. The van der Waals surface area contributed by atoms with E-state index in [4.69, 9.17) is 0 Å². The molecule has 2 nitrogen and oxygen atoms in total. The van der Waals surface area contributed by atoms with Crippen molar-refractivity contribution in [2.45, 2.75) is 19.4 Å². The summed E-state index contributed by atoms with van der Waals surface area (Å²) < 4.78 is 1.21. The van der Waals surface area contributed by atoms with E-state index in [2.05, 4.69) is 22.8 Å². The van der Waals surface area contributed by atoms with Gasteiger partial charge in [0.1, 0.15) is 10.5 Å². The van der Waals surface area contributed by atoms with E-state index >= 15 is 0 Å². The van der Waals surface area contributed by atoms with Gasteiger partial charge in [-0.1, -0.05) is 12.1 Å². The topological polar surface area (TPSA) is 25.2 Å². The highest BCUT2D eigenvalue weighted by Crippen LogP contribution is 2.31. The Morgan fingerprint density at radius 3 is 2.71 bits per heavy atom. The second kappa shape index (κ2) is 3.17. The van der Waals surface area contributed by atoms with Crippen LogP contribution in [0.5, 0.6) is 0 Å². The molecule has 0 bridgehead atoms. The molecule has 2 rings (SSSR count). The number of rotatable bonds is 2. The molecule has 72 valence electrons. The van der Waals surface area contributed by atoms with Gasteiger partial charge in [-0.05, 0) is 32.7 Å². The smallest absolute Gasteiger partial charge is 0.121 e. The van der Waals surface area contributed by atoms with E-state index < -0.39 is 0 Å². The standard InChI is InChI=1S/C11H12N2S/c1-11(2,12-3)10-13-8-6-4-5-7-9(8)14-10/h4-7H,3H2,1-2H3. The molecule has 0 aliphatic carbocycles. The second-order valence-corrected chi connectivity index (χ2v) is 4.73. The lowest BCUT2D eigenvalue weighted by Crippen LogP contribution is -2.12. The highest BCUT2D eigenvalue weighted by Gasteiger charge is 2.22. The Labute approximate surface area is 87.3 Å². The molecule has 0 fully saturated rings. The van der Waals surface area contributed by atoms with Gasteiger partial charge in [0.05, 0.1) is 10.2 Å². The summed E-state index contributed by atoms with van der Waals surface area (Å²) in [5.41, 5.74) is 0.771. The van der Waals surface area contributed by atoms with Gasteiger partial charge in [0.15, 0.2) is 0 Å². The Kier molecular flexibility index (Phi) is 2.11. The second-order valence-electron chi connectivity index (χ2n) is 3.70. The first-order valence-corrected chi connectivity index (χ1v) is 5.29. The van der Waals surface area contributed by atoms with Crippen molar-refractivity contribution in [3.8, 4) is 0 Å². The molecular formula is C11H12N2S. The Morgan fingerprint density at radius 1 is 1.36 bits per heavy atom. The maximum atomic E-state index is 4.54. The first kappa shape index (κ1) is 9.34. The van der Waals surface area contributed by atoms with Gasteiger partial charge in [-0.3, -0.25) is 4.99 Å². The fraction of sp³-hybridized carbons (Fsp3) is 0.273. The number of hydrogen-bond acceptors (Lipinski definition) is 3. The molecule has 0 atom stereocenters. The van der Waals surface area contributed by atoms with Crippen LogP contribution in [0.1, 0.15) is 18.9 Å². The summed E-state index contributed by atoms with van der Waals surface area (Å²) in [5, 5.41) is 1.02. The lowest BCUT2D eigenvalue weighted by atomic mass is 10.1. The summed E-state index contributed by atoms with van der Waals surface area (Å²) in [6.45, 7) is 7.65. The van der Waals surface area contributed by atoms with Crippen molar-refractivity contribution in [2.75, 3.05) is 0 Å². The molecule has 3 heteroatoms. The van der Waals surface area contributed by atoms with Crippen LogP contribution in [0.2, 0.25) is 0 Å². The van der Waals surface area contributed by atoms with Crippen LogP contribution in [0.4, 0.5) is 0 Å². The average Bonchev–Trinajstić information content (AvgIpc) is 2.61. The molecule has 0 aliphatic rings. The average molecular weight is 204 g/mol. The van der Waals surface area contributed by atoms with Crippen molar-refractivity contribution in [2.24, 2.45) is 4.99 Å². The molecule has 0 N–H and O–H groups in total. The predicted molar refractivity (Wildman–Crippen MR) is 62.2 cm³/mol. The van der Waals surface area contributed by atoms with Gasteiger partial charge in [-0.2, -0.15) is 0 Å². The van der Waals surface area contributed by atoms with Gasteiger partial charge in [-0.25, -0.2) is 4.98 Å². The summed E-state index contributed by atoms with van der Waals surface area (Å²) in [7, 11) is 0. The van der Waals surface area contributed by atoms with Gasteiger partial charge >= 0.3 is 0 Å². The minimum atomic E-state index is -0.274. The zero-order valence-electron chi connectivity index (χ0n) is 8.32.